The number of pyridine rings is 1. The van der Waals surface area contributed by atoms with Crippen LogP contribution < -0.4 is 10.6 Å². The summed E-state index contributed by atoms with van der Waals surface area (Å²) in [5.41, 5.74) is -0.415. The maximum absolute atomic E-state index is 12.3. The number of halogens is 1. The second-order valence-electron chi connectivity index (χ2n) is 5.30. The molecule has 0 bridgehead atoms. The molecule has 0 aliphatic rings. The highest BCUT2D eigenvalue weighted by atomic mass is 35.5. The minimum absolute atomic E-state index is 0.315. The fourth-order valence-electron chi connectivity index (χ4n) is 1.82. The van der Waals surface area contributed by atoms with Crippen molar-refractivity contribution in [2.24, 2.45) is 0 Å². The van der Waals surface area contributed by atoms with Crippen LogP contribution in [0.25, 0.3) is 0 Å². The summed E-state index contributed by atoms with van der Waals surface area (Å²) < 4.78 is 4.95. The van der Waals surface area contributed by atoms with Crippen molar-refractivity contribution >= 4 is 23.3 Å². The van der Waals surface area contributed by atoms with Crippen molar-refractivity contribution in [2.45, 2.75) is 33.2 Å². The largest absolute Gasteiger partial charge is 0.369 e. The molecule has 2 aromatic heterocycles. The Morgan fingerprint density at radius 2 is 2.18 bits per heavy atom. The van der Waals surface area contributed by atoms with Crippen molar-refractivity contribution in [3.63, 3.8) is 0 Å². The van der Waals surface area contributed by atoms with E-state index in [1.54, 1.807) is 26.8 Å². The molecule has 2 aromatic rings. The zero-order chi connectivity index (χ0) is 16.3. The summed E-state index contributed by atoms with van der Waals surface area (Å²) in [5, 5.41) is 10.1. The molecule has 0 fully saturated rings. The minimum Gasteiger partial charge on any atom is -0.369 e. The van der Waals surface area contributed by atoms with E-state index in [-0.39, 0.29) is 5.91 Å². The highest BCUT2D eigenvalue weighted by Gasteiger charge is 2.29. The summed E-state index contributed by atoms with van der Waals surface area (Å²) >= 11 is 6.10. The Morgan fingerprint density at radius 3 is 2.73 bits per heavy atom. The highest BCUT2D eigenvalue weighted by Crippen LogP contribution is 2.21. The lowest BCUT2D eigenvalue weighted by Crippen LogP contribution is -2.41. The van der Waals surface area contributed by atoms with E-state index in [9.17, 15) is 4.79 Å². The maximum atomic E-state index is 12.3. The minimum atomic E-state index is -0.776. The van der Waals surface area contributed by atoms with Crippen LogP contribution in [0.5, 0.6) is 0 Å². The first kappa shape index (κ1) is 16.2. The topological polar surface area (TPSA) is 92.9 Å². The number of carbonyl (C=O) groups is 1. The molecule has 0 unspecified atom stereocenters. The van der Waals surface area contributed by atoms with Crippen LogP contribution in [0.1, 0.15) is 42.8 Å². The quantitative estimate of drug-likeness (QED) is 0.878. The zero-order valence-corrected chi connectivity index (χ0v) is 13.7. The number of amides is 1. The van der Waals surface area contributed by atoms with Gasteiger partial charge in [0.05, 0.1) is 16.1 Å². The summed E-state index contributed by atoms with van der Waals surface area (Å²) in [6.45, 7) is 7.91. The van der Waals surface area contributed by atoms with Gasteiger partial charge < -0.3 is 15.2 Å². The van der Waals surface area contributed by atoms with Crippen molar-refractivity contribution in [1.82, 2.24) is 20.4 Å². The molecule has 0 radical (unpaired) electrons. The second kappa shape index (κ2) is 6.31. The van der Waals surface area contributed by atoms with Crippen molar-refractivity contribution in [1.29, 1.82) is 0 Å². The first-order chi connectivity index (χ1) is 10.3. The molecule has 0 aliphatic carbocycles. The molecule has 2 rings (SSSR count). The van der Waals surface area contributed by atoms with E-state index in [4.69, 9.17) is 16.1 Å². The summed E-state index contributed by atoms with van der Waals surface area (Å²) in [5.74, 6) is 1.08. The van der Waals surface area contributed by atoms with E-state index in [0.29, 0.717) is 34.7 Å². The Bertz CT molecular complexity index is 684. The van der Waals surface area contributed by atoms with E-state index in [1.807, 2.05) is 6.92 Å². The number of carbonyl (C=O) groups excluding carboxylic acids is 1. The van der Waals surface area contributed by atoms with Crippen LogP contribution in [-0.2, 0) is 5.54 Å². The molecule has 2 heterocycles. The molecule has 1 amide bonds. The first-order valence-corrected chi connectivity index (χ1v) is 7.24. The highest BCUT2D eigenvalue weighted by molar-refractivity contribution is 6.33. The van der Waals surface area contributed by atoms with Crippen molar-refractivity contribution in [2.75, 3.05) is 11.9 Å². The third-order valence-electron chi connectivity index (χ3n) is 2.96. The van der Waals surface area contributed by atoms with Crippen LogP contribution in [0.15, 0.2) is 16.8 Å². The number of nitrogens with zero attached hydrogens (tertiary/aromatic N) is 3. The second-order valence-corrected chi connectivity index (χ2v) is 5.71. The van der Waals surface area contributed by atoms with E-state index in [0.717, 1.165) is 0 Å². The van der Waals surface area contributed by atoms with Gasteiger partial charge in [0.25, 0.3) is 5.91 Å². The van der Waals surface area contributed by atoms with Gasteiger partial charge >= 0.3 is 0 Å². The number of anilines is 1. The van der Waals surface area contributed by atoms with Gasteiger partial charge in [0.15, 0.2) is 5.82 Å². The SMILES string of the molecule is CCNc1ncc(C(=O)NC(C)(C)c2noc(C)n2)cc1Cl. The Labute approximate surface area is 133 Å². The number of hydrogen-bond donors (Lipinski definition) is 2. The summed E-state index contributed by atoms with van der Waals surface area (Å²) in [4.78, 5) is 20.6. The Balaban J connectivity index is 2.16. The van der Waals surface area contributed by atoms with E-state index in [2.05, 4.69) is 25.8 Å². The van der Waals surface area contributed by atoms with Gasteiger partial charge in [0, 0.05) is 19.7 Å². The first-order valence-electron chi connectivity index (χ1n) is 6.86. The molecule has 2 N–H and O–H groups in total. The average Bonchev–Trinajstić information content (AvgIpc) is 2.88. The third kappa shape index (κ3) is 3.54. The van der Waals surface area contributed by atoms with Crippen LogP contribution in [-0.4, -0.2) is 27.6 Å². The molecule has 118 valence electrons. The Kier molecular flexibility index (Phi) is 4.65. The van der Waals surface area contributed by atoms with E-state index >= 15 is 0 Å². The predicted octanol–water partition coefficient (Wildman–Crippen LogP) is 2.52. The van der Waals surface area contributed by atoms with Gasteiger partial charge in [-0.25, -0.2) is 4.98 Å². The molecule has 0 saturated heterocycles. The molecule has 22 heavy (non-hydrogen) atoms. The van der Waals surface area contributed by atoms with Crippen LogP contribution in [0.4, 0.5) is 5.82 Å². The zero-order valence-electron chi connectivity index (χ0n) is 12.9. The van der Waals surface area contributed by atoms with Crippen LogP contribution in [0.3, 0.4) is 0 Å². The average molecular weight is 324 g/mol. The number of nitrogens with one attached hydrogen (secondary N) is 2. The van der Waals surface area contributed by atoms with Crippen molar-refractivity contribution < 1.29 is 9.32 Å². The summed E-state index contributed by atoms with van der Waals surface area (Å²) in [6.07, 6.45) is 1.47. The van der Waals surface area contributed by atoms with Gasteiger partial charge in [0.1, 0.15) is 5.82 Å². The molecule has 0 atom stereocenters. The Hall–Kier alpha value is -2.15. The summed E-state index contributed by atoms with van der Waals surface area (Å²) in [7, 11) is 0. The van der Waals surface area contributed by atoms with E-state index < -0.39 is 5.54 Å². The molecule has 0 spiro atoms. The van der Waals surface area contributed by atoms with Crippen LogP contribution in [0.2, 0.25) is 5.02 Å². The predicted molar refractivity (Wildman–Crippen MR) is 82.9 cm³/mol. The molecule has 8 heteroatoms. The number of aromatic nitrogens is 3. The lowest BCUT2D eigenvalue weighted by atomic mass is 10.0. The lowest BCUT2D eigenvalue weighted by Gasteiger charge is -2.22. The molecule has 0 aromatic carbocycles. The normalized spacial score (nSPS) is 11.3. The molecule has 0 aliphatic heterocycles. The molecular weight excluding hydrogens is 306 g/mol. The van der Waals surface area contributed by atoms with Gasteiger partial charge in [-0.15, -0.1) is 0 Å². The third-order valence-corrected chi connectivity index (χ3v) is 3.25. The van der Waals surface area contributed by atoms with Crippen molar-refractivity contribution in [3.8, 4) is 0 Å². The van der Waals surface area contributed by atoms with Gasteiger partial charge in [-0.2, -0.15) is 4.98 Å². The lowest BCUT2D eigenvalue weighted by molar-refractivity contribution is 0.0907. The number of hydrogen-bond acceptors (Lipinski definition) is 6. The fourth-order valence-corrected chi connectivity index (χ4v) is 2.06. The van der Waals surface area contributed by atoms with Crippen molar-refractivity contribution in [3.05, 3.63) is 34.6 Å². The molecular formula is C14H18ClN5O2. The van der Waals surface area contributed by atoms with Crippen LogP contribution >= 0.6 is 11.6 Å². The van der Waals surface area contributed by atoms with Gasteiger partial charge in [0.2, 0.25) is 5.89 Å². The van der Waals surface area contributed by atoms with Gasteiger partial charge in [-0.3, -0.25) is 4.79 Å². The standard InChI is InChI=1S/C14H18ClN5O2/c1-5-16-11-10(15)6-9(7-17-11)12(21)19-14(3,4)13-18-8(2)22-20-13/h6-7H,5H2,1-4H3,(H,16,17)(H,19,21). The number of aryl methyl sites for hydroxylation is 1. The van der Waals surface area contributed by atoms with E-state index in [1.165, 1.54) is 6.20 Å². The summed E-state index contributed by atoms with van der Waals surface area (Å²) in [6, 6.07) is 1.57. The van der Waals surface area contributed by atoms with Crippen LogP contribution in [0, 0.1) is 6.92 Å². The molecule has 7 nitrogen and oxygen atoms in total. The molecule has 0 saturated carbocycles. The Morgan fingerprint density at radius 1 is 1.45 bits per heavy atom. The van der Waals surface area contributed by atoms with Gasteiger partial charge in [-0.05, 0) is 26.8 Å². The maximum Gasteiger partial charge on any atom is 0.253 e. The monoisotopic (exact) mass is 323 g/mol. The number of rotatable bonds is 5. The van der Waals surface area contributed by atoms with Gasteiger partial charge in [-0.1, -0.05) is 16.8 Å². The smallest absolute Gasteiger partial charge is 0.253 e. The fraction of sp³-hybridized carbons (Fsp3) is 0.429.